The van der Waals surface area contributed by atoms with Gasteiger partial charge in [0.25, 0.3) is 0 Å². The van der Waals surface area contributed by atoms with Crippen LogP contribution in [0.4, 0.5) is 0 Å². The first-order valence-electron chi connectivity index (χ1n) is 6.05. The molecule has 0 heterocycles. The molecule has 5 heteroatoms. The summed E-state index contributed by atoms with van der Waals surface area (Å²) in [6, 6.07) is 5.40. The van der Waals surface area contributed by atoms with Crippen LogP contribution >= 0.6 is 0 Å². The molecule has 0 saturated carbocycles. The van der Waals surface area contributed by atoms with Gasteiger partial charge in [-0.1, -0.05) is 19.1 Å². The van der Waals surface area contributed by atoms with Crippen molar-refractivity contribution >= 4 is 10.0 Å². The summed E-state index contributed by atoms with van der Waals surface area (Å²) in [4.78, 5) is 0.329. The largest absolute Gasteiger partial charge is 0.329 e. The first-order chi connectivity index (χ1) is 8.24. The Morgan fingerprint density at radius 1 is 1.33 bits per heavy atom. The van der Waals surface area contributed by atoms with E-state index < -0.39 is 15.6 Å². The third kappa shape index (κ3) is 3.31. The van der Waals surface area contributed by atoms with E-state index in [-0.39, 0.29) is 6.54 Å². The third-order valence-corrected chi connectivity index (χ3v) is 5.03. The van der Waals surface area contributed by atoms with Gasteiger partial charge >= 0.3 is 0 Å². The van der Waals surface area contributed by atoms with Gasteiger partial charge in [-0.2, -0.15) is 0 Å². The first-order valence-corrected chi connectivity index (χ1v) is 7.54. The van der Waals surface area contributed by atoms with Crippen LogP contribution in [0, 0.1) is 13.8 Å². The Morgan fingerprint density at radius 2 is 1.94 bits per heavy atom. The average Bonchev–Trinajstić information content (AvgIpc) is 2.31. The number of rotatable bonds is 5. The fraction of sp³-hybridized carbons (Fsp3) is 0.538. The van der Waals surface area contributed by atoms with Crippen LogP contribution < -0.4 is 10.5 Å². The van der Waals surface area contributed by atoms with Crippen LogP contribution in [0.15, 0.2) is 23.1 Å². The van der Waals surface area contributed by atoms with Gasteiger partial charge in [0, 0.05) is 12.1 Å². The predicted octanol–water partition coefficient (Wildman–Crippen LogP) is 1.71. The summed E-state index contributed by atoms with van der Waals surface area (Å²) >= 11 is 0. The lowest BCUT2D eigenvalue weighted by Crippen LogP contribution is -2.50. The number of aryl methyl sites for hydroxylation is 2. The van der Waals surface area contributed by atoms with Crippen molar-refractivity contribution in [1.82, 2.24) is 4.72 Å². The van der Waals surface area contributed by atoms with Crippen molar-refractivity contribution in [2.75, 3.05) is 6.54 Å². The van der Waals surface area contributed by atoms with Crippen LogP contribution in [0.5, 0.6) is 0 Å². The number of benzene rings is 1. The van der Waals surface area contributed by atoms with Crippen LogP contribution in [0.3, 0.4) is 0 Å². The molecule has 3 N–H and O–H groups in total. The molecule has 1 rings (SSSR count). The van der Waals surface area contributed by atoms with Crippen molar-refractivity contribution in [1.29, 1.82) is 0 Å². The van der Waals surface area contributed by atoms with Crippen molar-refractivity contribution in [2.45, 2.75) is 44.6 Å². The number of hydrogen-bond acceptors (Lipinski definition) is 3. The number of nitrogens with two attached hydrogens (primary N) is 1. The Kier molecular flexibility index (Phi) is 4.53. The van der Waals surface area contributed by atoms with Gasteiger partial charge in [0.15, 0.2) is 0 Å². The van der Waals surface area contributed by atoms with Gasteiger partial charge in [-0.25, -0.2) is 13.1 Å². The maximum Gasteiger partial charge on any atom is 0.241 e. The fourth-order valence-corrected chi connectivity index (χ4v) is 3.45. The second-order valence-corrected chi connectivity index (χ2v) is 6.64. The third-order valence-electron chi connectivity index (χ3n) is 3.24. The Morgan fingerprint density at radius 3 is 2.44 bits per heavy atom. The molecule has 0 aromatic heterocycles. The highest BCUT2D eigenvalue weighted by molar-refractivity contribution is 7.89. The topological polar surface area (TPSA) is 72.2 Å². The molecule has 0 saturated heterocycles. The molecule has 0 aliphatic heterocycles. The van der Waals surface area contributed by atoms with Crippen molar-refractivity contribution in [3.63, 3.8) is 0 Å². The zero-order chi connectivity index (χ0) is 14.0. The van der Waals surface area contributed by atoms with E-state index in [0.717, 1.165) is 11.1 Å². The van der Waals surface area contributed by atoms with Gasteiger partial charge in [-0.05, 0) is 44.4 Å². The van der Waals surface area contributed by atoms with Crippen molar-refractivity contribution in [3.05, 3.63) is 29.3 Å². The Labute approximate surface area is 110 Å². The number of hydrogen-bond donors (Lipinski definition) is 2. The Bertz CT molecular complexity index is 520. The highest BCUT2D eigenvalue weighted by Crippen LogP contribution is 2.19. The lowest BCUT2D eigenvalue weighted by Gasteiger charge is -2.27. The van der Waals surface area contributed by atoms with Crippen LogP contribution in [0.25, 0.3) is 0 Å². The van der Waals surface area contributed by atoms with E-state index in [1.807, 2.05) is 32.9 Å². The molecule has 1 unspecified atom stereocenters. The Balaban J connectivity index is 3.18. The summed E-state index contributed by atoms with van der Waals surface area (Å²) in [5.41, 5.74) is 6.70. The summed E-state index contributed by atoms with van der Waals surface area (Å²) in [6.45, 7) is 7.67. The van der Waals surface area contributed by atoms with E-state index >= 15 is 0 Å². The van der Waals surface area contributed by atoms with Gasteiger partial charge in [-0.15, -0.1) is 0 Å². The van der Waals surface area contributed by atoms with Crippen molar-refractivity contribution in [2.24, 2.45) is 5.73 Å². The number of sulfonamides is 1. The van der Waals surface area contributed by atoms with E-state index in [4.69, 9.17) is 5.73 Å². The summed E-state index contributed by atoms with van der Waals surface area (Å²) in [5.74, 6) is 0. The van der Waals surface area contributed by atoms with Gasteiger partial charge in [0.05, 0.1) is 4.90 Å². The van der Waals surface area contributed by atoms with Crippen molar-refractivity contribution in [3.8, 4) is 0 Å². The summed E-state index contributed by atoms with van der Waals surface area (Å²) in [7, 11) is -3.53. The summed E-state index contributed by atoms with van der Waals surface area (Å²) in [6.07, 6.45) is 0.646. The van der Waals surface area contributed by atoms with E-state index in [0.29, 0.717) is 11.3 Å². The highest BCUT2D eigenvalue weighted by atomic mass is 32.2. The zero-order valence-electron chi connectivity index (χ0n) is 11.4. The molecule has 1 atom stereocenters. The molecular formula is C13H22N2O2S. The standard InChI is InChI=1S/C13H22N2O2S/c1-5-13(4,9-14)15-18(16,17)12-8-10(2)6-7-11(12)3/h6-8,15H,5,9,14H2,1-4H3. The molecule has 0 spiro atoms. The monoisotopic (exact) mass is 270 g/mol. The molecule has 0 radical (unpaired) electrons. The van der Waals surface area contributed by atoms with E-state index in [1.54, 1.807) is 13.0 Å². The minimum atomic E-state index is -3.53. The van der Waals surface area contributed by atoms with E-state index in [1.165, 1.54) is 0 Å². The predicted molar refractivity (Wildman–Crippen MR) is 74.0 cm³/mol. The molecule has 1 aromatic rings. The molecule has 0 bridgehead atoms. The quantitative estimate of drug-likeness (QED) is 0.855. The Hall–Kier alpha value is -0.910. The SMILES string of the molecule is CCC(C)(CN)NS(=O)(=O)c1cc(C)ccc1C. The second kappa shape index (κ2) is 5.38. The van der Waals surface area contributed by atoms with E-state index in [2.05, 4.69) is 4.72 Å². The molecule has 0 aliphatic carbocycles. The molecular weight excluding hydrogens is 248 g/mol. The van der Waals surface area contributed by atoms with Crippen LogP contribution in [0.1, 0.15) is 31.4 Å². The maximum atomic E-state index is 12.4. The molecule has 4 nitrogen and oxygen atoms in total. The molecule has 102 valence electrons. The van der Waals surface area contributed by atoms with Crippen LogP contribution in [-0.4, -0.2) is 20.5 Å². The fourth-order valence-electron chi connectivity index (χ4n) is 1.63. The average molecular weight is 270 g/mol. The summed E-state index contributed by atoms with van der Waals surface area (Å²) in [5, 5.41) is 0. The smallest absolute Gasteiger partial charge is 0.241 e. The normalized spacial score (nSPS) is 15.4. The molecule has 0 fully saturated rings. The van der Waals surface area contributed by atoms with Crippen molar-refractivity contribution < 1.29 is 8.42 Å². The number of nitrogens with one attached hydrogen (secondary N) is 1. The second-order valence-electron chi connectivity index (χ2n) is 4.99. The molecule has 1 aromatic carbocycles. The van der Waals surface area contributed by atoms with E-state index in [9.17, 15) is 8.42 Å². The minimum absolute atomic E-state index is 0.271. The van der Waals surface area contributed by atoms with Crippen LogP contribution in [-0.2, 0) is 10.0 Å². The lowest BCUT2D eigenvalue weighted by molar-refractivity contribution is 0.411. The maximum absolute atomic E-state index is 12.4. The molecule has 0 aliphatic rings. The molecule has 0 amide bonds. The summed E-state index contributed by atoms with van der Waals surface area (Å²) < 4.78 is 27.4. The van der Waals surface area contributed by atoms with Gasteiger partial charge < -0.3 is 5.73 Å². The minimum Gasteiger partial charge on any atom is -0.329 e. The van der Waals surface area contributed by atoms with Gasteiger partial charge in [0.2, 0.25) is 10.0 Å². The molecule has 18 heavy (non-hydrogen) atoms. The lowest BCUT2D eigenvalue weighted by atomic mass is 10.0. The van der Waals surface area contributed by atoms with Gasteiger partial charge in [0.1, 0.15) is 0 Å². The zero-order valence-corrected chi connectivity index (χ0v) is 12.3. The van der Waals surface area contributed by atoms with Gasteiger partial charge in [-0.3, -0.25) is 0 Å². The first kappa shape index (κ1) is 15.1. The highest BCUT2D eigenvalue weighted by Gasteiger charge is 2.28. The van der Waals surface area contributed by atoms with Crippen LogP contribution in [0.2, 0.25) is 0 Å².